The monoisotopic (exact) mass is 325 g/mol. The van der Waals surface area contributed by atoms with Gasteiger partial charge < -0.3 is 19.9 Å². The van der Waals surface area contributed by atoms with Gasteiger partial charge in [-0.3, -0.25) is 4.79 Å². The number of hydrogen-bond acceptors (Lipinski definition) is 2. The van der Waals surface area contributed by atoms with E-state index in [1.54, 1.807) is 0 Å². The van der Waals surface area contributed by atoms with Crippen molar-refractivity contribution in [1.82, 2.24) is 5.32 Å². The highest BCUT2D eigenvalue weighted by atomic mass is 16.5. The predicted molar refractivity (Wildman–Crippen MR) is 89.7 cm³/mol. The van der Waals surface area contributed by atoms with Crippen LogP contribution in [0.4, 0.5) is 0 Å². The molecule has 0 aromatic heterocycles. The number of amides is 1. The Kier molecular flexibility index (Phi) is 6.31. The van der Waals surface area contributed by atoms with Crippen molar-refractivity contribution in [3.8, 4) is 0 Å². The van der Waals surface area contributed by atoms with Gasteiger partial charge >= 0.3 is 0 Å². The highest BCUT2D eigenvalue weighted by molar-refractivity contribution is 5.79. The molecular formula is C18H35N3O2+2. The van der Waals surface area contributed by atoms with Crippen LogP contribution in [0.1, 0.15) is 51.9 Å². The van der Waals surface area contributed by atoms with Crippen LogP contribution in [0.15, 0.2) is 0 Å². The van der Waals surface area contributed by atoms with E-state index >= 15 is 0 Å². The number of carbonyl (C=O) groups excluding carboxylic acids is 1. The van der Waals surface area contributed by atoms with E-state index in [-0.39, 0.29) is 18.1 Å². The van der Waals surface area contributed by atoms with Crippen LogP contribution in [-0.2, 0) is 9.53 Å². The van der Waals surface area contributed by atoms with E-state index in [0.717, 1.165) is 38.6 Å². The first-order valence-electron chi connectivity index (χ1n) is 9.82. The molecule has 5 heteroatoms. The summed E-state index contributed by atoms with van der Waals surface area (Å²) in [5, 5.41) is 3.11. The van der Waals surface area contributed by atoms with Crippen molar-refractivity contribution in [2.24, 2.45) is 0 Å². The molecule has 3 saturated heterocycles. The third kappa shape index (κ3) is 4.68. The highest BCUT2D eigenvalue weighted by Gasteiger charge is 2.34. The lowest BCUT2D eigenvalue weighted by atomic mass is 9.99. The molecule has 0 saturated carbocycles. The van der Waals surface area contributed by atoms with Gasteiger partial charge in [-0.25, -0.2) is 0 Å². The number of nitrogens with one attached hydrogen (secondary N) is 3. The van der Waals surface area contributed by atoms with E-state index < -0.39 is 0 Å². The molecule has 0 unspecified atom stereocenters. The largest absolute Gasteiger partial charge is 0.376 e. The fourth-order valence-electron chi connectivity index (χ4n) is 4.60. The lowest BCUT2D eigenvalue weighted by Crippen LogP contribution is -3.22. The summed E-state index contributed by atoms with van der Waals surface area (Å²) in [5.41, 5.74) is 0. The molecule has 0 bridgehead atoms. The summed E-state index contributed by atoms with van der Waals surface area (Å²) in [5.74, 6) is 0.208. The maximum absolute atomic E-state index is 12.4. The zero-order valence-electron chi connectivity index (χ0n) is 14.7. The standard InChI is InChI=1S/C18H33N3O2/c1-15(18(22)19-14-17-6-5-13-23-17)20-11-7-16(8-12-20)21-9-3-2-4-10-21/h15-17H,2-14H2,1H3,(H,19,22)/p+2/t15-,17-/m0/s1. The number of quaternary nitrogens is 2. The summed E-state index contributed by atoms with van der Waals surface area (Å²) in [6.45, 7) is 8.69. The van der Waals surface area contributed by atoms with Crippen LogP contribution >= 0.6 is 0 Å². The number of rotatable bonds is 5. The van der Waals surface area contributed by atoms with Crippen molar-refractivity contribution < 1.29 is 19.3 Å². The molecule has 0 radical (unpaired) electrons. The van der Waals surface area contributed by atoms with Crippen LogP contribution in [0.5, 0.6) is 0 Å². The van der Waals surface area contributed by atoms with Gasteiger partial charge in [0.05, 0.1) is 38.3 Å². The SMILES string of the molecule is C[C@@H](C(=O)NC[C@@H]1CCCO1)[NH+]1CCC([NH+]2CCCCC2)CC1. The first-order valence-corrected chi connectivity index (χ1v) is 9.82. The molecule has 0 spiro atoms. The van der Waals surface area contributed by atoms with E-state index in [1.165, 1.54) is 50.1 Å². The van der Waals surface area contributed by atoms with E-state index in [1.807, 2.05) is 4.90 Å². The zero-order chi connectivity index (χ0) is 16.1. The molecule has 3 aliphatic heterocycles. The number of hydrogen-bond donors (Lipinski definition) is 3. The van der Waals surface area contributed by atoms with Crippen LogP contribution in [0.3, 0.4) is 0 Å². The van der Waals surface area contributed by atoms with Gasteiger partial charge in [-0.05, 0) is 39.0 Å². The molecule has 0 aromatic carbocycles. The van der Waals surface area contributed by atoms with Crippen molar-refractivity contribution in [1.29, 1.82) is 0 Å². The van der Waals surface area contributed by atoms with Gasteiger partial charge in [0.2, 0.25) is 0 Å². The van der Waals surface area contributed by atoms with Gasteiger partial charge in [0.15, 0.2) is 6.04 Å². The second-order valence-electron chi connectivity index (χ2n) is 7.75. The van der Waals surface area contributed by atoms with Crippen molar-refractivity contribution in [2.75, 3.05) is 39.3 Å². The number of carbonyl (C=O) groups is 1. The smallest absolute Gasteiger partial charge is 0.278 e. The van der Waals surface area contributed by atoms with Crippen LogP contribution in [0, 0.1) is 0 Å². The fraction of sp³-hybridized carbons (Fsp3) is 0.944. The average Bonchev–Trinajstić information content (AvgIpc) is 3.13. The van der Waals surface area contributed by atoms with E-state index in [0.29, 0.717) is 6.54 Å². The Bertz CT molecular complexity index is 370. The second kappa shape index (κ2) is 8.45. The second-order valence-corrected chi connectivity index (χ2v) is 7.75. The zero-order valence-corrected chi connectivity index (χ0v) is 14.7. The Balaban J connectivity index is 1.38. The van der Waals surface area contributed by atoms with Crippen molar-refractivity contribution in [3.05, 3.63) is 0 Å². The number of piperidine rings is 2. The van der Waals surface area contributed by atoms with Crippen LogP contribution < -0.4 is 15.1 Å². The van der Waals surface area contributed by atoms with Gasteiger partial charge in [0.25, 0.3) is 5.91 Å². The lowest BCUT2D eigenvalue weighted by molar-refractivity contribution is -0.965. The molecule has 3 N–H and O–H groups in total. The maximum atomic E-state index is 12.4. The molecule has 0 aromatic rings. The molecule has 23 heavy (non-hydrogen) atoms. The van der Waals surface area contributed by atoms with Gasteiger partial charge in [0.1, 0.15) is 0 Å². The highest BCUT2D eigenvalue weighted by Crippen LogP contribution is 2.10. The first-order chi connectivity index (χ1) is 11.2. The minimum atomic E-state index is 0.0775. The molecule has 3 rings (SSSR count). The summed E-state index contributed by atoms with van der Waals surface area (Å²) in [7, 11) is 0. The van der Waals surface area contributed by atoms with Gasteiger partial charge in [-0.2, -0.15) is 0 Å². The molecule has 1 amide bonds. The lowest BCUT2D eigenvalue weighted by Gasteiger charge is -2.37. The molecular weight excluding hydrogens is 290 g/mol. The summed E-state index contributed by atoms with van der Waals surface area (Å²) >= 11 is 0. The van der Waals surface area contributed by atoms with E-state index in [9.17, 15) is 4.79 Å². The Labute approximate surface area is 140 Å². The number of likely N-dealkylation sites (tertiary alicyclic amines) is 2. The van der Waals surface area contributed by atoms with Crippen molar-refractivity contribution in [2.45, 2.75) is 70.1 Å². The van der Waals surface area contributed by atoms with Crippen molar-refractivity contribution in [3.63, 3.8) is 0 Å². The minimum absolute atomic E-state index is 0.0775. The van der Waals surface area contributed by atoms with Crippen LogP contribution in [-0.4, -0.2) is 63.4 Å². The Morgan fingerprint density at radius 2 is 1.83 bits per heavy atom. The Hall–Kier alpha value is -0.650. The molecule has 5 nitrogen and oxygen atoms in total. The molecule has 3 aliphatic rings. The topological polar surface area (TPSA) is 47.2 Å². The number of ether oxygens (including phenoxy) is 1. The molecule has 132 valence electrons. The summed E-state index contributed by atoms with van der Waals surface area (Å²) < 4.78 is 5.59. The predicted octanol–water partition coefficient (Wildman–Crippen LogP) is -1.21. The average molecular weight is 325 g/mol. The quantitative estimate of drug-likeness (QED) is 0.594. The molecule has 2 atom stereocenters. The van der Waals surface area contributed by atoms with Crippen LogP contribution in [0.25, 0.3) is 0 Å². The maximum Gasteiger partial charge on any atom is 0.278 e. The Morgan fingerprint density at radius 3 is 2.48 bits per heavy atom. The molecule has 3 heterocycles. The normalized spacial score (nSPS) is 34.2. The Morgan fingerprint density at radius 1 is 1.09 bits per heavy atom. The fourth-order valence-corrected chi connectivity index (χ4v) is 4.60. The van der Waals surface area contributed by atoms with Gasteiger partial charge in [-0.15, -0.1) is 0 Å². The molecule has 3 fully saturated rings. The third-order valence-electron chi connectivity index (χ3n) is 6.23. The van der Waals surface area contributed by atoms with Crippen LogP contribution in [0.2, 0.25) is 0 Å². The summed E-state index contributed by atoms with van der Waals surface area (Å²) in [6.07, 6.45) is 9.28. The van der Waals surface area contributed by atoms with E-state index in [2.05, 4.69) is 12.2 Å². The summed E-state index contributed by atoms with van der Waals surface area (Å²) in [6, 6.07) is 0.926. The third-order valence-corrected chi connectivity index (χ3v) is 6.23. The van der Waals surface area contributed by atoms with E-state index in [4.69, 9.17) is 4.74 Å². The van der Waals surface area contributed by atoms with Crippen molar-refractivity contribution >= 4 is 5.91 Å². The summed E-state index contributed by atoms with van der Waals surface area (Å²) in [4.78, 5) is 15.7. The minimum Gasteiger partial charge on any atom is -0.376 e. The van der Waals surface area contributed by atoms with Gasteiger partial charge in [0, 0.05) is 26.0 Å². The van der Waals surface area contributed by atoms with Gasteiger partial charge in [-0.1, -0.05) is 0 Å². The molecule has 0 aliphatic carbocycles. The first kappa shape index (κ1) is 17.2.